The standard InChI is InChI=1S/C57H101NO4/c1-8-9-10-11-12-13-14-15-16-17-18-19-20-21-22-23-38-60-45-51(44-58-37-25-28-48(58)5)62-42-40-59-39-41-61-50-33-35-56(6)49(43-50)29-30-52-54-32-31-53(47(4)27-24-26-46(2)3)57(54,7)36-34-55(52)56/h12-13,15-16,29,46-48,50-55H,8-11,14,17-28,30-45H2,1-7H3/b13-12-,16-15-/t47-,48+,50+,51?,52?,53-,54?,55?,56+,57-/m1/s1. The third-order valence-electron chi connectivity index (χ3n) is 17.3. The van der Waals surface area contributed by atoms with Gasteiger partial charge in [-0.1, -0.05) is 135 Å². The van der Waals surface area contributed by atoms with Crippen LogP contribution in [0.3, 0.4) is 0 Å². The van der Waals surface area contributed by atoms with Crippen LogP contribution < -0.4 is 0 Å². The summed E-state index contributed by atoms with van der Waals surface area (Å²) in [6.07, 6.45) is 45.5. The van der Waals surface area contributed by atoms with E-state index in [2.05, 4.69) is 83.7 Å². The number of likely N-dealkylation sites (tertiary alicyclic amines) is 1. The monoisotopic (exact) mass is 864 g/mol. The van der Waals surface area contributed by atoms with Gasteiger partial charge in [0, 0.05) is 19.2 Å². The number of unbranched alkanes of at least 4 members (excludes halogenated alkanes) is 9. The topological polar surface area (TPSA) is 40.2 Å². The lowest BCUT2D eigenvalue weighted by atomic mass is 9.47. The van der Waals surface area contributed by atoms with Crippen molar-refractivity contribution < 1.29 is 18.9 Å². The Balaban J connectivity index is 0.914. The molecule has 5 nitrogen and oxygen atoms in total. The van der Waals surface area contributed by atoms with Crippen molar-refractivity contribution in [3.8, 4) is 0 Å². The summed E-state index contributed by atoms with van der Waals surface area (Å²) in [6, 6.07) is 0.641. The molecule has 358 valence electrons. The predicted molar refractivity (Wildman–Crippen MR) is 264 cm³/mol. The molecule has 4 fully saturated rings. The first-order valence-electron chi connectivity index (χ1n) is 27.3. The molecule has 5 aliphatic rings. The first kappa shape index (κ1) is 52.0. The largest absolute Gasteiger partial charge is 0.379 e. The fourth-order valence-electron chi connectivity index (χ4n) is 13.5. The summed E-state index contributed by atoms with van der Waals surface area (Å²) in [4.78, 5) is 2.59. The van der Waals surface area contributed by atoms with Crippen molar-refractivity contribution >= 4 is 0 Å². The zero-order chi connectivity index (χ0) is 44.0. The molecule has 0 spiro atoms. The van der Waals surface area contributed by atoms with E-state index >= 15 is 0 Å². The van der Waals surface area contributed by atoms with Crippen LogP contribution in [0, 0.1) is 46.3 Å². The summed E-state index contributed by atoms with van der Waals surface area (Å²) >= 11 is 0. The Morgan fingerprint density at radius 1 is 0.742 bits per heavy atom. The highest BCUT2D eigenvalue weighted by molar-refractivity contribution is 5.25. The van der Waals surface area contributed by atoms with Crippen LogP contribution in [0.25, 0.3) is 0 Å². The Bertz CT molecular complexity index is 1290. The van der Waals surface area contributed by atoms with Crippen molar-refractivity contribution in [3.63, 3.8) is 0 Å². The van der Waals surface area contributed by atoms with Gasteiger partial charge in [-0.3, -0.25) is 4.90 Å². The summed E-state index contributed by atoms with van der Waals surface area (Å²) in [5.74, 6) is 5.36. The lowest BCUT2D eigenvalue weighted by Crippen LogP contribution is -2.51. The molecule has 5 heteroatoms. The minimum absolute atomic E-state index is 0.107. The second-order valence-electron chi connectivity index (χ2n) is 22.3. The highest BCUT2D eigenvalue weighted by Gasteiger charge is 2.59. The number of allylic oxidation sites excluding steroid dienone is 5. The second kappa shape index (κ2) is 28.3. The van der Waals surface area contributed by atoms with Gasteiger partial charge >= 0.3 is 0 Å². The minimum Gasteiger partial charge on any atom is -0.379 e. The molecule has 10 atom stereocenters. The molecule has 0 amide bonds. The molecule has 0 aromatic carbocycles. The fraction of sp³-hybridized carbons (Fsp3) is 0.895. The van der Waals surface area contributed by atoms with Gasteiger partial charge in [0.05, 0.1) is 45.2 Å². The number of nitrogens with zero attached hydrogens (tertiary/aromatic N) is 1. The molecule has 0 aromatic heterocycles. The fourth-order valence-corrected chi connectivity index (χ4v) is 13.5. The number of hydrogen-bond acceptors (Lipinski definition) is 5. The quantitative estimate of drug-likeness (QED) is 0.0498. The zero-order valence-electron chi connectivity index (χ0n) is 42.0. The van der Waals surface area contributed by atoms with Crippen molar-refractivity contribution in [2.75, 3.05) is 52.7 Å². The van der Waals surface area contributed by atoms with E-state index in [1.165, 1.54) is 148 Å². The highest BCUT2D eigenvalue weighted by atomic mass is 16.6. The van der Waals surface area contributed by atoms with Crippen LogP contribution in [0.15, 0.2) is 36.0 Å². The first-order valence-corrected chi connectivity index (χ1v) is 27.3. The van der Waals surface area contributed by atoms with E-state index in [1.54, 1.807) is 5.57 Å². The van der Waals surface area contributed by atoms with E-state index in [9.17, 15) is 0 Å². The van der Waals surface area contributed by atoms with Gasteiger partial charge in [0.15, 0.2) is 0 Å². The third kappa shape index (κ3) is 16.1. The lowest BCUT2D eigenvalue weighted by Gasteiger charge is -2.58. The molecule has 0 radical (unpaired) electrons. The second-order valence-corrected chi connectivity index (χ2v) is 22.3. The molecule has 4 unspecified atom stereocenters. The molecular formula is C57H101NO4. The van der Waals surface area contributed by atoms with Gasteiger partial charge in [-0.2, -0.15) is 0 Å². The Morgan fingerprint density at radius 2 is 1.50 bits per heavy atom. The van der Waals surface area contributed by atoms with Crippen LogP contribution in [0.2, 0.25) is 0 Å². The Hall–Kier alpha value is -0.980. The van der Waals surface area contributed by atoms with Crippen molar-refractivity contribution in [1.82, 2.24) is 4.90 Å². The van der Waals surface area contributed by atoms with Crippen molar-refractivity contribution in [1.29, 1.82) is 0 Å². The number of fused-ring (bicyclic) bond motifs is 5. The van der Waals surface area contributed by atoms with E-state index in [0.29, 0.717) is 56.0 Å². The van der Waals surface area contributed by atoms with E-state index in [4.69, 9.17) is 18.9 Å². The number of rotatable bonds is 32. The summed E-state index contributed by atoms with van der Waals surface area (Å²) in [5, 5.41) is 0. The Morgan fingerprint density at radius 3 is 2.26 bits per heavy atom. The molecular weight excluding hydrogens is 763 g/mol. The van der Waals surface area contributed by atoms with E-state index < -0.39 is 0 Å². The summed E-state index contributed by atoms with van der Waals surface area (Å²) in [7, 11) is 0. The average molecular weight is 864 g/mol. The smallest absolute Gasteiger partial charge is 0.0936 e. The normalized spacial score (nSPS) is 31.2. The van der Waals surface area contributed by atoms with Gasteiger partial charge in [0.25, 0.3) is 0 Å². The van der Waals surface area contributed by atoms with Gasteiger partial charge in [-0.25, -0.2) is 0 Å². The van der Waals surface area contributed by atoms with E-state index in [0.717, 1.165) is 67.9 Å². The Kier molecular flexibility index (Phi) is 23.7. The van der Waals surface area contributed by atoms with Gasteiger partial charge in [-0.15, -0.1) is 0 Å². The van der Waals surface area contributed by atoms with E-state index in [1.807, 2.05) is 0 Å². The summed E-state index contributed by atoms with van der Waals surface area (Å²) in [5.41, 5.74) is 2.68. The molecule has 62 heavy (non-hydrogen) atoms. The van der Waals surface area contributed by atoms with Crippen molar-refractivity contribution in [2.45, 2.75) is 227 Å². The van der Waals surface area contributed by atoms with Crippen LogP contribution in [0.1, 0.15) is 209 Å². The van der Waals surface area contributed by atoms with Gasteiger partial charge in [0.2, 0.25) is 0 Å². The van der Waals surface area contributed by atoms with Gasteiger partial charge < -0.3 is 18.9 Å². The number of ether oxygens (including phenoxy) is 4. The molecule has 4 aliphatic carbocycles. The van der Waals surface area contributed by atoms with Crippen LogP contribution in [0.4, 0.5) is 0 Å². The van der Waals surface area contributed by atoms with Crippen molar-refractivity contribution in [2.24, 2.45) is 46.3 Å². The average Bonchev–Trinajstić information content (AvgIpc) is 3.83. The molecule has 0 bridgehead atoms. The SMILES string of the molecule is CCCCC/C=C\C/C=C\CCCCCCCCOCC(CN1CCC[C@@H]1C)OCCOCCO[C@H]1CC[C@@]2(C)C(=CCC3C2CC[C@@]2(C)C3CC[C@@H]2[C@H](C)CCCC(C)C)C1. The zero-order valence-corrected chi connectivity index (χ0v) is 42.0. The minimum atomic E-state index is 0.107. The molecule has 1 aliphatic heterocycles. The molecule has 1 saturated heterocycles. The first-order chi connectivity index (χ1) is 30.2. The van der Waals surface area contributed by atoms with Crippen LogP contribution in [-0.4, -0.2) is 75.9 Å². The maximum absolute atomic E-state index is 6.52. The summed E-state index contributed by atoms with van der Waals surface area (Å²) < 4.78 is 25.2. The van der Waals surface area contributed by atoms with Gasteiger partial charge in [0.1, 0.15) is 0 Å². The lowest BCUT2D eigenvalue weighted by molar-refractivity contribution is -0.0736. The highest BCUT2D eigenvalue weighted by Crippen LogP contribution is 2.67. The van der Waals surface area contributed by atoms with E-state index in [-0.39, 0.29) is 6.10 Å². The molecule has 0 aromatic rings. The number of hydrogen-bond donors (Lipinski definition) is 0. The maximum atomic E-state index is 6.52. The maximum Gasteiger partial charge on any atom is 0.0936 e. The summed E-state index contributed by atoms with van der Waals surface area (Å²) in [6.45, 7) is 23.6. The van der Waals surface area contributed by atoms with Crippen LogP contribution >= 0.6 is 0 Å². The molecule has 5 rings (SSSR count). The van der Waals surface area contributed by atoms with Crippen molar-refractivity contribution in [3.05, 3.63) is 36.0 Å². The van der Waals surface area contributed by atoms with Crippen LogP contribution in [-0.2, 0) is 18.9 Å². The van der Waals surface area contributed by atoms with Gasteiger partial charge in [-0.05, 0) is 163 Å². The molecule has 3 saturated carbocycles. The molecule has 0 N–H and O–H groups in total. The third-order valence-corrected chi connectivity index (χ3v) is 17.3. The predicted octanol–water partition coefficient (Wildman–Crippen LogP) is 15.1. The Labute approximate surface area is 384 Å². The molecule has 1 heterocycles. The van der Waals surface area contributed by atoms with Crippen LogP contribution in [0.5, 0.6) is 0 Å².